The average Bonchev–Trinajstić information content (AvgIpc) is 2.05. The number of aromatic carboxylic acids is 1. The van der Waals surface area contributed by atoms with Crippen molar-refractivity contribution in [1.29, 1.82) is 0 Å². The van der Waals surface area contributed by atoms with E-state index in [2.05, 4.69) is 5.73 Å². The van der Waals surface area contributed by atoms with E-state index in [0.29, 0.717) is 0 Å². The van der Waals surface area contributed by atoms with E-state index in [1.165, 1.54) is 6.07 Å². The molecule has 0 spiro atoms. The molecule has 0 amide bonds. The predicted octanol–water partition coefficient (Wildman–Crippen LogP) is -1.17. The van der Waals surface area contributed by atoms with E-state index in [1.54, 1.807) is 12.1 Å². The monoisotopic (exact) mass is 165 g/mol. The van der Waals surface area contributed by atoms with Crippen molar-refractivity contribution in [1.82, 2.24) is 0 Å². The minimum Gasteiger partial charge on any atom is -0.545 e. The zero-order chi connectivity index (χ0) is 8.97. The van der Waals surface area contributed by atoms with Gasteiger partial charge in [-0.25, -0.2) is 0 Å². The molecular formula is C9H11NO2. The highest BCUT2D eigenvalue weighted by atomic mass is 16.4. The first kappa shape index (κ1) is 8.74. The quantitative estimate of drug-likeness (QED) is 0.613. The normalized spacial score (nSPS) is 9.75. The topological polar surface area (TPSA) is 67.8 Å². The van der Waals surface area contributed by atoms with Crippen LogP contribution < -0.4 is 10.8 Å². The Labute approximate surface area is 70.8 Å². The van der Waals surface area contributed by atoms with Crippen molar-refractivity contribution >= 4 is 5.97 Å². The van der Waals surface area contributed by atoms with Gasteiger partial charge in [-0.05, 0) is 17.2 Å². The molecule has 0 aromatic heterocycles. The molecule has 0 radical (unpaired) electrons. The fourth-order valence-electron chi connectivity index (χ4n) is 1.06. The SMILES string of the molecule is [NH3+]CCc1cccc(C(=O)[O-])c1. The van der Waals surface area contributed by atoms with E-state index < -0.39 is 5.97 Å². The molecule has 0 atom stereocenters. The first-order valence-electron chi connectivity index (χ1n) is 3.83. The number of hydrogen-bond acceptors (Lipinski definition) is 2. The second kappa shape index (κ2) is 3.88. The molecule has 1 rings (SSSR count). The van der Waals surface area contributed by atoms with Gasteiger partial charge in [0.25, 0.3) is 0 Å². The number of benzene rings is 1. The van der Waals surface area contributed by atoms with Crippen LogP contribution in [0.5, 0.6) is 0 Å². The number of carboxylic acids is 1. The van der Waals surface area contributed by atoms with Crippen molar-refractivity contribution in [3.8, 4) is 0 Å². The second-order valence-electron chi connectivity index (χ2n) is 2.59. The Morgan fingerprint density at radius 1 is 1.50 bits per heavy atom. The third-order valence-corrected chi connectivity index (χ3v) is 1.63. The van der Waals surface area contributed by atoms with E-state index in [0.717, 1.165) is 18.5 Å². The molecular weight excluding hydrogens is 154 g/mol. The molecule has 1 aromatic carbocycles. The summed E-state index contributed by atoms with van der Waals surface area (Å²) in [6.45, 7) is 0.774. The molecule has 1 aromatic rings. The van der Waals surface area contributed by atoms with E-state index in [-0.39, 0.29) is 5.56 Å². The smallest absolute Gasteiger partial charge is 0.0780 e. The summed E-state index contributed by atoms with van der Waals surface area (Å²) < 4.78 is 0. The van der Waals surface area contributed by atoms with Crippen LogP contribution in [0.15, 0.2) is 24.3 Å². The third-order valence-electron chi connectivity index (χ3n) is 1.63. The van der Waals surface area contributed by atoms with Crippen molar-refractivity contribution < 1.29 is 15.6 Å². The zero-order valence-corrected chi connectivity index (χ0v) is 6.75. The Morgan fingerprint density at radius 2 is 2.25 bits per heavy atom. The fourth-order valence-corrected chi connectivity index (χ4v) is 1.06. The van der Waals surface area contributed by atoms with Gasteiger partial charge in [0.2, 0.25) is 0 Å². The van der Waals surface area contributed by atoms with Gasteiger partial charge in [-0.15, -0.1) is 0 Å². The maximum Gasteiger partial charge on any atom is 0.0780 e. The summed E-state index contributed by atoms with van der Waals surface area (Å²) >= 11 is 0. The lowest BCUT2D eigenvalue weighted by atomic mass is 10.1. The molecule has 0 heterocycles. The van der Waals surface area contributed by atoms with Gasteiger partial charge in [0, 0.05) is 6.42 Å². The minimum absolute atomic E-state index is 0.237. The van der Waals surface area contributed by atoms with Crippen molar-refractivity contribution in [2.24, 2.45) is 0 Å². The van der Waals surface area contributed by atoms with Crippen LogP contribution in [-0.4, -0.2) is 12.5 Å². The maximum atomic E-state index is 10.4. The van der Waals surface area contributed by atoms with Crippen molar-refractivity contribution in [2.45, 2.75) is 6.42 Å². The van der Waals surface area contributed by atoms with Crippen molar-refractivity contribution in [2.75, 3.05) is 6.54 Å². The van der Waals surface area contributed by atoms with Gasteiger partial charge >= 0.3 is 0 Å². The summed E-state index contributed by atoms with van der Waals surface area (Å²) in [5.41, 5.74) is 4.92. The molecule has 0 saturated heterocycles. The molecule has 12 heavy (non-hydrogen) atoms. The first-order chi connectivity index (χ1) is 5.74. The molecule has 0 saturated carbocycles. The van der Waals surface area contributed by atoms with Gasteiger partial charge in [-0.2, -0.15) is 0 Å². The van der Waals surface area contributed by atoms with Gasteiger partial charge in [-0.1, -0.05) is 18.2 Å². The zero-order valence-electron chi connectivity index (χ0n) is 6.75. The Bertz CT molecular complexity index is 284. The molecule has 0 aliphatic heterocycles. The molecule has 3 N–H and O–H groups in total. The summed E-state index contributed by atoms with van der Waals surface area (Å²) in [7, 11) is 0. The number of rotatable bonds is 3. The fraction of sp³-hybridized carbons (Fsp3) is 0.222. The Kier molecular flexibility index (Phi) is 2.82. The summed E-state index contributed by atoms with van der Waals surface area (Å²) in [5, 5.41) is 10.4. The number of quaternary nitrogens is 1. The lowest BCUT2D eigenvalue weighted by Crippen LogP contribution is -2.51. The van der Waals surface area contributed by atoms with Crippen LogP contribution in [0, 0.1) is 0 Å². The Balaban J connectivity index is 2.88. The number of carbonyl (C=O) groups excluding carboxylic acids is 1. The Morgan fingerprint density at radius 3 is 2.83 bits per heavy atom. The molecule has 0 fully saturated rings. The standard InChI is InChI=1S/C9H11NO2/c10-5-4-7-2-1-3-8(6-7)9(11)12/h1-3,6H,4-5,10H2,(H,11,12). The summed E-state index contributed by atoms with van der Waals surface area (Å²) in [5.74, 6) is -1.12. The molecule has 0 aliphatic rings. The van der Waals surface area contributed by atoms with Crippen LogP contribution >= 0.6 is 0 Å². The molecule has 0 bridgehead atoms. The highest BCUT2D eigenvalue weighted by molar-refractivity contribution is 5.85. The van der Waals surface area contributed by atoms with Gasteiger partial charge in [0.1, 0.15) is 0 Å². The second-order valence-corrected chi connectivity index (χ2v) is 2.59. The molecule has 3 nitrogen and oxygen atoms in total. The third kappa shape index (κ3) is 2.07. The van der Waals surface area contributed by atoms with Crippen molar-refractivity contribution in [3.63, 3.8) is 0 Å². The van der Waals surface area contributed by atoms with Gasteiger partial charge in [0.15, 0.2) is 0 Å². The predicted molar refractivity (Wildman–Crippen MR) is 42.2 cm³/mol. The number of carbonyl (C=O) groups is 1. The van der Waals surface area contributed by atoms with Gasteiger partial charge in [-0.3, -0.25) is 0 Å². The van der Waals surface area contributed by atoms with Crippen LogP contribution in [0.1, 0.15) is 15.9 Å². The minimum atomic E-state index is -1.12. The van der Waals surface area contributed by atoms with E-state index >= 15 is 0 Å². The number of carboxylic acid groups (broad SMARTS) is 1. The highest BCUT2D eigenvalue weighted by Crippen LogP contribution is 2.03. The first-order valence-corrected chi connectivity index (χ1v) is 3.83. The molecule has 0 unspecified atom stereocenters. The summed E-state index contributed by atoms with van der Waals surface area (Å²) in [4.78, 5) is 10.4. The average molecular weight is 165 g/mol. The molecule has 0 aliphatic carbocycles. The van der Waals surface area contributed by atoms with Gasteiger partial charge < -0.3 is 15.6 Å². The van der Waals surface area contributed by atoms with Crippen LogP contribution in [0.2, 0.25) is 0 Å². The van der Waals surface area contributed by atoms with Crippen LogP contribution in [-0.2, 0) is 6.42 Å². The number of hydrogen-bond donors (Lipinski definition) is 1. The van der Waals surface area contributed by atoms with Crippen LogP contribution in [0.4, 0.5) is 0 Å². The Hall–Kier alpha value is -1.35. The van der Waals surface area contributed by atoms with E-state index in [1.807, 2.05) is 6.07 Å². The summed E-state index contributed by atoms with van der Waals surface area (Å²) in [6.07, 6.45) is 0.807. The highest BCUT2D eigenvalue weighted by Gasteiger charge is 1.95. The van der Waals surface area contributed by atoms with Crippen molar-refractivity contribution in [3.05, 3.63) is 35.4 Å². The summed E-state index contributed by atoms with van der Waals surface area (Å²) in [6, 6.07) is 6.76. The molecule has 3 heteroatoms. The van der Waals surface area contributed by atoms with Gasteiger partial charge in [0.05, 0.1) is 12.5 Å². The van der Waals surface area contributed by atoms with E-state index in [9.17, 15) is 9.90 Å². The van der Waals surface area contributed by atoms with Crippen LogP contribution in [0.3, 0.4) is 0 Å². The largest absolute Gasteiger partial charge is 0.545 e. The lowest BCUT2D eigenvalue weighted by Gasteiger charge is -2.03. The van der Waals surface area contributed by atoms with E-state index in [4.69, 9.17) is 0 Å². The maximum absolute atomic E-state index is 10.4. The lowest BCUT2D eigenvalue weighted by molar-refractivity contribution is -0.366. The van der Waals surface area contributed by atoms with Crippen LogP contribution in [0.25, 0.3) is 0 Å². The molecule has 64 valence electrons.